The number of H-pyrrole nitrogens is 4. The number of hydrogen-bond donors (Lipinski definition) is 8. The Kier molecular flexibility index (Phi) is 21.4. The highest BCUT2D eigenvalue weighted by Gasteiger charge is 2.24. The number of amides is 4. The van der Waals surface area contributed by atoms with Gasteiger partial charge >= 0.3 is 0 Å². The number of unbranched alkanes of at least 4 members (excludes halogenated alkanes) is 4. The maximum absolute atomic E-state index is 12.7. The summed E-state index contributed by atoms with van der Waals surface area (Å²) in [5.41, 5.74) is 15.6. The zero-order valence-corrected chi connectivity index (χ0v) is 40.4. The summed E-state index contributed by atoms with van der Waals surface area (Å²) in [6.07, 6.45) is 12.8. The van der Waals surface area contributed by atoms with Crippen molar-refractivity contribution in [2.75, 3.05) is 26.2 Å². The van der Waals surface area contributed by atoms with Crippen LogP contribution in [0.15, 0.2) is 0 Å². The van der Waals surface area contributed by atoms with Gasteiger partial charge in [0, 0.05) is 61.8 Å². The predicted octanol–water partition coefficient (Wildman–Crippen LogP) is 9.47. The summed E-state index contributed by atoms with van der Waals surface area (Å²) < 4.78 is 0. The SMILES string of the molecule is CCCCNC(=O)c1[nH]c(Cc2[nH]c(C(=O)NCCCC)c(C)c2CC)c(CC)c1C.CCCCNC(=O)c1[nH]c(Cc2[nH]c(C(=O)NCCCC)c(C)c2CC)c(CC)c1C. The Labute approximate surface area is 372 Å². The van der Waals surface area contributed by atoms with E-state index in [1.165, 1.54) is 22.3 Å². The van der Waals surface area contributed by atoms with Gasteiger partial charge in [-0.05, 0) is 124 Å². The van der Waals surface area contributed by atoms with Crippen molar-refractivity contribution < 1.29 is 19.2 Å². The second kappa shape index (κ2) is 25.8. The minimum absolute atomic E-state index is 0.0405. The first-order valence-electron chi connectivity index (χ1n) is 23.7. The van der Waals surface area contributed by atoms with Crippen LogP contribution in [-0.4, -0.2) is 69.7 Å². The molecule has 0 saturated carbocycles. The van der Waals surface area contributed by atoms with Gasteiger partial charge in [-0.25, -0.2) is 0 Å². The van der Waals surface area contributed by atoms with Crippen LogP contribution in [0.4, 0.5) is 0 Å². The molecule has 4 aromatic rings. The molecule has 0 spiro atoms. The smallest absolute Gasteiger partial charge is 0.267 e. The molecule has 0 radical (unpaired) electrons. The molecule has 0 aromatic carbocycles. The van der Waals surface area contributed by atoms with E-state index in [1.54, 1.807) is 0 Å². The average Bonchev–Trinajstić information content (AvgIpc) is 3.96. The summed E-state index contributed by atoms with van der Waals surface area (Å²) >= 11 is 0. The number of carbonyl (C=O) groups excluding carboxylic acids is 4. The van der Waals surface area contributed by atoms with Crippen molar-refractivity contribution in [1.82, 2.24) is 41.2 Å². The molecule has 0 aliphatic rings. The van der Waals surface area contributed by atoms with Gasteiger partial charge in [-0.1, -0.05) is 81.1 Å². The first-order chi connectivity index (χ1) is 29.8. The van der Waals surface area contributed by atoms with Crippen molar-refractivity contribution in [1.29, 1.82) is 0 Å². The molecular formula is C50H80N8O4. The lowest BCUT2D eigenvalue weighted by Gasteiger charge is -2.05. The van der Waals surface area contributed by atoms with Crippen LogP contribution in [0.2, 0.25) is 0 Å². The lowest BCUT2D eigenvalue weighted by atomic mass is 10.0. The van der Waals surface area contributed by atoms with Gasteiger partial charge in [0.05, 0.1) is 0 Å². The summed E-state index contributed by atoms with van der Waals surface area (Å²) in [4.78, 5) is 64.2. The predicted molar refractivity (Wildman–Crippen MR) is 254 cm³/mol. The Hall–Kier alpha value is -5.00. The van der Waals surface area contributed by atoms with E-state index in [2.05, 4.69) is 96.6 Å². The van der Waals surface area contributed by atoms with Crippen LogP contribution in [0.5, 0.6) is 0 Å². The van der Waals surface area contributed by atoms with Gasteiger partial charge < -0.3 is 41.2 Å². The zero-order valence-electron chi connectivity index (χ0n) is 40.4. The number of aromatic amines is 4. The molecule has 0 aliphatic heterocycles. The Balaban J connectivity index is 0.000000330. The van der Waals surface area contributed by atoms with Crippen LogP contribution in [0.1, 0.15) is 216 Å². The molecular weight excluding hydrogens is 777 g/mol. The van der Waals surface area contributed by atoms with Crippen LogP contribution in [0.25, 0.3) is 0 Å². The first-order valence-corrected chi connectivity index (χ1v) is 23.7. The van der Waals surface area contributed by atoms with Crippen molar-refractivity contribution in [2.45, 2.75) is 173 Å². The summed E-state index contributed by atoms with van der Waals surface area (Å²) in [5.74, 6) is -0.162. The van der Waals surface area contributed by atoms with E-state index in [4.69, 9.17) is 0 Å². The lowest BCUT2D eigenvalue weighted by molar-refractivity contribution is 0.0939. The molecule has 0 fully saturated rings. The minimum atomic E-state index is -0.0405. The quantitative estimate of drug-likeness (QED) is 0.0328. The van der Waals surface area contributed by atoms with E-state index in [1.807, 2.05) is 27.7 Å². The molecule has 0 aliphatic carbocycles. The van der Waals surface area contributed by atoms with Crippen molar-refractivity contribution in [3.8, 4) is 0 Å². The van der Waals surface area contributed by atoms with Crippen LogP contribution in [0.3, 0.4) is 0 Å². The summed E-state index contributed by atoms with van der Waals surface area (Å²) in [5, 5.41) is 12.1. The van der Waals surface area contributed by atoms with Crippen molar-refractivity contribution >= 4 is 23.6 Å². The molecule has 0 atom stereocenters. The third-order valence-electron chi connectivity index (χ3n) is 12.2. The Morgan fingerprint density at radius 2 is 0.548 bits per heavy atom. The number of rotatable bonds is 24. The minimum Gasteiger partial charge on any atom is -0.354 e. The van der Waals surface area contributed by atoms with Crippen LogP contribution in [-0.2, 0) is 38.5 Å². The molecule has 0 bridgehead atoms. The normalized spacial score (nSPS) is 11.0. The fourth-order valence-corrected chi connectivity index (χ4v) is 8.44. The van der Waals surface area contributed by atoms with E-state index >= 15 is 0 Å². The summed E-state index contributed by atoms with van der Waals surface area (Å²) in [7, 11) is 0. The van der Waals surface area contributed by atoms with Gasteiger partial charge in [-0.15, -0.1) is 0 Å². The van der Waals surface area contributed by atoms with Crippen molar-refractivity contribution in [3.63, 3.8) is 0 Å². The number of nitrogens with one attached hydrogen (secondary N) is 8. The standard InChI is InChI=1S/2C25H40N4O2/c2*1-7-11-13-26-24(30)22-16(5)18(9-3)20(28-22)15-21-19(10-4)17(6)23(29-21)25(31)27-14-12-8-2/h2*28-29H,7-15H2,1-6H3,(H,26,30)(H,27,31). The molecule has 0 unspecified atom stereocenters. The van der Waals surface area contributed by atoms with Gasteiger partial charge in [-0.3, -0.25) is 19.2 Å². The molecule has 12 heteroatoms. The second-order valence-corrected chi connectivity index (χ2v) is 16.5. The summed E-state index contributed by atoms with van der Waals surface area (Å²) in [6, 6.07) is 0. The lowest BCUT2D eigenvalue weighted by Crippen LogP contribution is -2.25. The highest BCUT2D eigenvalue weighted by Crippen LogP contribution is 2.28. The van der Waals surface area contributed by atoms with Gasteiger partial charge in [-0.2, -0.15) is 0 Å². The molecule has 4 heterocycles. The molecule has 0 saturated heterocycles. The highest BCUT2D eigenvalue weighted by atomic mass is 16.2. The molecule has 4 rings (SSSR count). The number of aromatic nitrogens is 4. The molecule has 8 N–H and O–H groups in total. The van der Waals surface area contributed by atoms with Crippen molar-refractivity contribution in [2.24, 2.45) is 0 Å². The van der Waals surface area contributed by atoms with Gasteiger partial charge in [0.2, 0.25) is 0 Å². The zero-order chi connectivity index (χ0) is 45.9. The van der Waals surface area contributed by atoms with E-state index in [-0.39, 0.29) is 23.6 Å². The molecule has 4 amide bonds. The molecule has 12 nitrogen and oxygen atoms in total. The number of hydrogen-bond acceptors (Lipinski definition) is 4. The third kappa shape index (κ3) is 13.0. The maximum Gasteiger partial charge on any atom is 0.267 e. The van der Waals surface area contributed by atoms with Crippen LogP contribution in [0, 0.1) is 27.7 Å². The second-order valence-electron chi connectivity index (χ2n) is 16.5. The van der Waals surface area contributed by atoms with E-state index in [0.717, 1.165) is 122 Å². The Morgan fingerprint density at radius 3 is 0.710 bits per heavy atom. The Bertz CT molecular complexity index is 1790. The van der Waals surface area contributed by atoms with Gasteiger partial charge in [0.1, 0.15) is 22.8 Å². The largest absolute Gasteiger partial charge is 0.354 e. The van der Waals surface area contributed by atoms with E-state index < -0.39 is 0 Å². The molecule has 4 aromatic heterocycles. The molecule has 344 valence electrons. The Morgan fingerprint density at radius 1 is 0.355 bits per heavy atom. The van der Waals surface area contributed by atoms with Gasteiger partial charge in [0.25, 0.3) is 23.6 Å². The number of carbonyl (C=O) groups is 4. The highest BCUT2D eigenvalue weighted by molar-refractivity contribution is 5.96. The first kappa shape index (κ1) is 51.4. The monoisotopic (exact) mass is 857 g/mol. The molecule has 62 heavy (non-hydrogen) atoms. The summed E-state index contributed by atoms with van der Waals surface area (Å²) in [6.45, 7) is 27.7. The fourth-order valence-electron chi connectivity index (χ4n) is 8.44. The fraction of sp³-hybridized carbons (Fsp3) is 0.600. The van der Waals surface area contributed by atoms with Gasteiger partial charge in [0.15, 0.2) is 0 Å². The average molecular weight is 857 g/mol. The third-order valence-corrected chi connectivity index (χ3v) is 12.2. The topological polar surface area (TPSA) is 180 Å². The van der Waals surface area contributed by atoms with Crippen LogP contribution >= 0.6 is 0 Å². The van der Waals surface area contributed by atoms with Crippen molar-refractivity contribution in [3.05, 3.63) is 90.1 Å². The van der Waals surface area contributed by atoms with E-state index in [9.17, 15) is 19.2 Å². The van der Waals surface area contributed by atoms with E-state index in [0.29, 0.717) is 61.8 Å². The van der Waals surface area contributed by atoms with Crippen LogP contribution < -0.4 is 21.3 Å². The maximum atomic E-state index is 12.7.